The van der Waals surface area contributed by atoms with Gasteiger partial charge in [-0.2, -0.15) is 0 Å². The molecule has 0 unspecified atom stereocenters. The molecule has 0 spiro atoms. The molecule has 1 aliphatic carbocycles. The van der Waals surface area contributed by atoms with Gasteiger partial charge in [0.1, 0.15) is 4.99 Å². The van der Waals surface area contributed by atoms with Crippen LogP contribution in [-0.2, 0) is 6.54 Å². The van der Waals surface area contributed by atoms with Gasteiger partial charge >= 0.3 is 0 Å². The molecule has 0 aliphatic heterocycles. The minimum Gasteiger partial charge on any atom is -0.398 e. The summed E-state index contributed by atoms with van der Waals surface area (Å²) in [5, 5.41) is 3.22. The van der Waals surface area contributed by atoms with E-state index in [2.05, 4.69) is 5.32 Å². The highest BCUT2D eigenvalue weighted by molar-refractivity contribution is 7.80. The van der Waals surface area contributed by atoms with Crippen molar-refractivity contribution in [3.8, 4) is 0 Å². The van der Waals surface area contributed by atoms with Crippen molar-refractivity contribution >= 4 is 22.9 Å². The Hall–Kier alpha value is -1.39. The smallest absolute Gasteiger partial charge is 0.101 e. The van der Waals surface area contributed by atoms with Crippen molar-refractivity contribution in [2.45, 2.75) is 33.2 Å². The molecular weight excluding hydrogens is 266 g/mol. The first-order valence-electron chi connectivity index (χ1n) is 7.23. The molecular formula is C16H25N3S. The second kappa shape index (κ2) is 8.72. The number of hydrogen-bond donors (Lipinski definition) is 3. The molecule has 1 aromatic carbocycles. The van der Waals surface area contributed by atoms with Gasteiger partial charge in [-0.3, -0.25) is 0 Å². The molecule has 0 heterocycles. The number of thiocarbonyl (C=S) groups is 1. The monoisotopic (exact) mass is 291 g/mol. The van der Waals surface area contributed by atoms with Gasteiger partial charge in [-0.15, -0.1) is 0 Å². The van der Waals surface area contributed by atoms with Gasteiger partial charge in [0, 0.05) is 18.8 Å². The predicted molar refractivity (Wildman–Crippen MR) is 91.2 cm³/mol. The number of nitrogens with two attached hydrogens (primary N) is 2. The minimum absolute atomic E-state index is 0.547. The summed E-state index contributed by atoms with van der Waals surface area (Å²) in [7, 11) is 0. The average Bonchev–Trinajstić information content (AvgIpc) is 3.31. The minimum atomic E-state index is 0.547. The molecule has 0 radical (unpaired) electrons. The first-order chi connectivity index (χ1) is 9.69. The largest absolute Gasteiger partial charge is 0.398 e. The molecule has 5 N–H and O–H groups in total. The van der Waals surface area contributed by atoms with E-state index in [0.717, 1.165) is 23.6 Å². The van der Waals surface area contributed by atoms with E-state index < -0.39 is 0 Å². The van der Waals surface area contributed by atoms with Crippen molar-refractivity contribution in [2.24, 2.45) is 17.4 Å². The normalized spacial score (nSPS) is 14.2. The Labute approximate surface area is 127 Å². The van der Waals surface area contributed by atoms with Gasteiger partial charge in [-0.05, 0) is 36.0 Å². The molecule has 0 atom stereocenters. The van der Waals surface area contributed by atoms with E-state index in [1.807, 2.05) is 44.2 Å². The summed E-state index contributed by atoms with van der Waals surface area (Å²) in [6.45, 7) is 5.51. The highest BCUT2D eigenvalue weighted by atomic mass is 32.1. The van der Waals surface area contributed by atoms with E-state index in [1.54, 1.807) is 0 Å². The Kier molecular flexibility index (Phi) is 7.26. The zero-order valence-corrected chi connectivity index (χ0v) is 13.2. The van der Waals surface area contributed by atoms with Gasteiger partial charge in [0.15, 0.2) is 0 Å². The van der Waals surface area contributed by atoms with Crippen LogP contribution in [0.5, 0.6) is 0 Å². The lowest BCUT2D eigenvalue weighted by molar-refractivity contribution is 0.780. The van der Waals surface area contributed by atoms with Crippen molar-refractivity contribution in [1.29, 1.82) is 0 Å². The van der Waals surface area contributed by atoms with Crippen LogP contribution in [0.4, 0.5) is 0 Å². The highest BCUT2D eigenvalue weighted by Crippen LogP contribution is 2.27. The zero-order chi connectivity index (χ0) is 15.0. The van der Waals surface area contributed by atoms with Crippen molar-refractivity contribution in [2.75, 3.05) is 6.54 Å². The SMILES string of the molecule is CC.NCc1ccc(/C(N)=C/C(=S)NCC2CC2)cc1. The van der Waals surface area contributed by atoms with Gasteiger partial charge in [-0.25, -0.2) is 0 Å². The lowest BCUT2D eigenvalue weighted by atomic mass is 10.1. The van der Waals surface area contributed by atoms with Crippen LogP contribution in [0.3, 0.4) is 0 Å². The number of nitrogens with one attached hydrogen (secondary N) is 1. The second-order valence-corrected chi connectivity index (χ2v) is 5.13. The average molecular weight is 291 g/mol. The van der Waals surface area contributed by atoms with Crippen molar-refractivity contribution in [3.63, 3.8) is 0 Å². The van der Waals surface area contributed by atoms with Gasteiger partial charge in [-0.1, -0.05) is 50.3 Å². The maximum absolute atomic E-state index is 6.01. The molecule has 1 saturated carbocycles. The highest BCUT2D eigenvalue weighted by Gasteiger charge is 2.20. The molecule has 1 aliphatic rings. The van der Waals surface area contributed by atoms with E-state index in [0.29, 0.717) is 17.2 Å². The van der Waals surface area contributed by atoms with Crippen LogP contribution in [0.15, 0.2) is 30.3 Å². The maximum Gasteiger partial charge on any atom is 0.101 e. The van der Waals surface area contributed by atoms with Crippen molar-refractivity contribution in [3.05, 3.63) is 41.5 Å². The molecule has 0 amide bonds. The maximum atomic E-state index is 6.01. The van der Waals surface area contributed by atoms with Crippen molar-refractivity contribution in [1.82, 2.24) is 5.32 Å². The van der Waals surface area contributed by atoms with Crippen molar-refractivity contribution < 1.29 is 0 Å². The summed E-state index contributed by atoms with van der Waals surface area (Å²) in [6, 6.07) is 7.91. The van der Waals surface area contributed by atoms with E-state index in [9.17, 15) is 0 Å². The van der Waals surface area contributed by atoms with Crippen LogP contribution in [0.2, 0.25) is 0 Å². The third-order valence-corrected chi connectivity index (χ3v) is 3.33. The fourth-order valence-electron chi connectivity index (χ4n) is 1.68. The predicted octanol–water partition coefficient (Wildman–Crippen LogP) is 2.80. The molecule has 2 rings (SSSR count). The first-order valence-corrected chi connectivity index (χ1v) is 7.64. The summed E-state index contributed by atoms with van der Waals surface area (Å²) >= 11 is 5.24. The Morgan fingerprint density at radius 2 is 1.90 bits per heavy atom. The molecule has 1 fully saturated rings. The summed E-state index contributed by atoms with van der Waals surface area (Å²) in [6.07, 6.45) is 4.44. The number of benzene rings is 1. The Morgan fingerprint density at radius 1 is 1.30 bits per heavy atom. The molecule has 20 heavy (non-hydrogen) atoms. The Morgan fingerprint density at radius 3 is 2.40 bits per heavy atom. The fourth-order valence-corrected chi connectivity index (χ4v) is 1.89. The summed E-state index contributed by atoms with van der Waals surface area (Å²) in [4.78, 5) is 0.710. The third kappa shape index (κ3) is 5.72. The topological polar surface area (TPSA) is 64.1 Å². The first kappa shape index (κ1) is 16.7. The quantitative estimate of drug-likeness (QED) is 0.576. The van der Waals surface area contributed by atoms with Gasteiger partial charge in [0.05, 0.1) is 0 Å². The van der Waals surface area contributed by atoms with Gasteiger partial charge in [0.25, 0.3) is 0 Å². The summed E-state index contributed by atoms with van der Waals surface area (Å²) < 4.78 is 0. The van der Waals surface area contributed by atoms with Gasteiger partial charge < -0.3 is 16.8 Å². The molecule has 110 valence electrons. The second-order valence-electron chi connectivity index (χ2n) is 4.69. The Bertz CT molecular complexity index is 447. The molecule has 0 bridgehead atoms. The lowest BCUT2D eigenvalue weighted by Crippen LogP contribution is -2.22. The standard InChI is InChI=1S/C14H19N3S.C2H6/c15-8-10-3-5-12(6-4-10)13(16)7-14(18)17-9-11-1-2-11;1-2/h3-7,11H,1-2,8-9,15-16H2,(H,17,18);1-2H3/b13-7-;. The molecule has 0 saturated heterocycles. The summed E-state index contributed by atoms with van der Waals surface area (Å²) in [5.41, 5.74) is 14.3. The molecule has 3 nitrogen and oxygen atoms in total. The van der Waals surface area contributed by atoms with E-state index in [-0.39, 0.29) is 0 Å². The third-order valence-electron chi connectivity index (χ3n) is 3.07. The van der Waals surface area contributed by atoms with Gasteiger partial charge in [0.2, 0.25) is 0 Å². The number of hydrogen-bond acceptors (Lipinski definition) is 3. The van der Waals surface area contributed by atoms with E-state index >= 15 is 0 Å². The van der Waals surface area contributed by atoms with E-state index in [4.69, 9.17) is 23.7 Å². The Balaban J connectivity index is 0.000000956. The van der Waals surface area contributed by atoms with Crippen LogP contribution >= 0.6 is 12.2 Å². The molecule has 4 heteroatoms. The number of rotatable bonds is 5. The molecule has 0 aromatic heterocycles. The van der Waals surface area contributed by atoms with Crippen LogP contribution in [-0.4, -0.2) is 11.5 Å². The van der Waals surface area contributed by atoms with Crippen LogP contribution in [0.1, 0.15) is 37.8 Å². The van der Waals surface area contributed by atoms with Crippen LogP contribution in [0, 0.1) is 5.92 Å². The summed E-state index contributed by atoms with van der Waals surface area (Å²) in [5.74, 6) is 0.807. The lowest BCUT2D eigenvalue weighted by Gasteiger charge is -2.06. The van der Waals surface area contributed by atoms with Crippen LogP contribution in [0.25, 0.3) is 5.70 Å². The fraction of sp³-hybridized carbons (Fsp3) is 0.438. The van der Waals surface area contributed by atoms with Crippen LogP contribution < -0.4 is 16.8 Å². The van der Waals surface area contributed by atoms with E-state index in [1.165, 1.54) is 12.8 Å². The zero-order valence-electron chi connectivity index (χ0n) is 12.4. The molecule has 1 aromatic rings.